The van der Waals surface area contributed by atoms with Gasteiger partial charge in [0.2, 0.25) is 0 Å². The molecule has 3 rings (SSSR count). The van der Waals surface area contributed by atoms with Crippen molar-refractivity contribution in [2.24, 2.45) is 0 Å². The zero-order valence-corrected chi connectivity index (χ0v) is 17.3. The summed E-state index contributed by atoms with van der Waals surface area (Å²) < 4.78 is 15.4. The quantitative estimate of drug-likeness (QED) is 0.593. The van der Waals surface area contributed by atoms with Gasteiger partial charge in [-0.25, -0.2) is 0 Å². The van der Waals surface area contributed by atoms with Gasteiger partial charge in [-0.1, -0.05) is 38.6 Å². The Kier molecular flexibility index (Phi) is 6.41. The Bertz CT molecular complexity index is 928. The van der Waals surface area contributed by atoms with Crippen molar-refractivity contribution < 1.29 is 14.3 Å². The second-order valence-electron chi connectivity index (χ2n) is 5.65. The highest BCUT2D eigenvalue weighted by atomic mass is 79.9. The van der Waals surface area contributed by atoms with Gasteiger partial charge in [-0.3, -0.25) is 4.79 Å². The maximum absolute atomic E-state index is 12.5. The van der Waals surface area contributed by atoms with Gasteiger partial charge in [-0.15, -0.1) is 5.10 Å². The summed E-state index contributed by atoms with van der Waals surface area (Å²) in [5.74, 6) is 1.18. The fourth-order valence-electron chi connectivity index (χ4n) is 2.57. The van der Waals surface area contributed by atoms with Gasteiger partial charge in [0.25, 0.3) is 5.91 Å². The van der Waals surface area contributed by atoms with E-state index in [1.807, 2.05) is 42.5 Å². The zero-order chi connectivity index (χ0) is 19.2. The minimum atomic E-state index is -0.177. The molecule has 0 fully saturated rings. The molecule has 3 aromatic rings. The molecule has 0 aliphatic heterocycles. The minimum absolute atomic E-state index is 0.177. The van der Waals surface area contributed by atoms with E-state index in [-0.39, 0.29) is 5.91 Å². The summed E-state index contributed by atoms with van der Waals surface area (Å²) in [6, 6.07) is 13.3. The average Bonchev–Trinajstić information content (AvgIpc) is 3.18. The summed E-state index contributed by atoms with van der Waals surface area (Å²) in [6.45, 7) is 0.492. The van der Waals surface area contributed by atoms with Crippen LogP contribution in [-0.2, 0) is 6.42 Å². The van der Waals surface area contributed by atoms with E-state index in [0.29, 0.717) is 35.0 Å². The molecule has 2 aromatic carbocycles. The number of aromatic nitrogens is 2. The van der Waals surface area contributed by atoms with Crippen molar-refractivity contribution in [3.63, 3.8) is 0 Å². The van der Waals surface area contributed by atoms with E-state index >= 15 is 0 Å². The number of hydrogen-bond donors (Lipinski definition) is 1. The fraction of sp³-hybridized carbons (Fsp3) is 0.211. The Labute approximate surface area is 169 Å². The van der Waals surface area contributed by atoms with Gasteiger partial charge < -0.3 is 14.8 Å². The van der Waals surface area contributed by atoms with Crippen LogP contribution in [0.1, 0.15) is 15.2 Å². The van der Waals surface area contributed by atoms with E-state index in [0.717, 1.165) is 27.1 Å². The predicted octanol–water partition coefficient (Wildman–Crippen LogP) is 3.96. The molecule has 1 N–H and O–H groups in total. The average molecular weight is 448 g/mol. The maximum atomic E-state index is 12.5. The van der Waals surface area contributed by atoms with Crippen LogP contribution in [-0.4, -0.2) is 36.3 Å². The Hall–Kier alpha value is -2.45. The van der Waals surface area contributed by atoms with E-state index < -0.39 is 0 Å². The number of carbonyl (C=O) groups excluding carboxylic acids is 1. The maximum Gasteiger partial charge on any atom is 0.265 e. The van der Waals surface area contributed by atoms with Crippen LogP contribution in [0.2, 0.25) is 0 Å². The first kappa shape index (κ1) is 19.3. The Morgan fingerprint density at radius 3 is 2.56 bits per heavy atom. The number of carbonyl (C=O) groups is 1. The summed E-state index contributed by atoms with van der Waals surface area (Å²) in [5.41, 5.74) is 2.50. The molecule has 140 valence electrons. The monoisotopic (exact) mass is 447 g/mol. The Morgan fingerprint density at radius 2 is 1.85 bits per heavy atom. The molecule has 0 radical (unpaired) electrons. The molecular weight excluding hydrogens is 430 g/mol. The van der Waals surface area contributed by atoms with Gasteiger partial charge in [0, 0.05) is 16.6 Å². The minimum Gasteiger partial charge on any atom is -0.493 e. The van der Waals surface area contributed by atoms with Crippen LogP contribution < -0.4 is 14.8 Å². The number of halogens is 1. The van der Waals surface area contributed by atoms with E-state index in [4.69, 9.17) is 9.47 Å². The van der Waals surface area contributed by atoms with E-state index in [9.17, 15) is 4.79 Å². The number of amides is 1. The van der Waals surface area contributed by atoms with Crippen LogP contribution in [0.4, 0.5) is 0 Å². The lowest BCUT2D eigenvalue weighted by Crippen LogP contribution is -2.25. The number of hydrogen-bond acceptors (Lipinski definition) is 6. The van der Waals surface area contributed by atoms with E-state index in [1.54, 1.807) is 14.2 Å². The van der Waals surface area contributed by atoms with Crippen LogP contribution in [0.25, 0.3) is 11.3 Å². The third kappa shape index (κ3) is 4.64. The molecule has 0 atom stereocenters. The van der Waals surface area contributed by atoms with Crippen LogP contribution in [0, 0.1) is 0 Å². The SMILES string of the molecule is COc1ccc(CCNC(=O)c2snnc2-c2ccc(Br)cc2)cc1OC. The summed E-state index contributed by atoms with van der Waals surface area (Å²) >= 11 is 4.49. The number of rotatable bonds is 7. The van der Waals surface area contributed by atoms with Crippen LogP contribution in [0.3, 0.4) is 0 Å². The first-order valence-electron chi connectivity index (χ1n) is 8.19. The van der Waals surface area contributed by atoms with Crippen LogP contribution >= 0.6 is 27.5 Å². The molecule has 6 nitrogen and oxygen atoms in total. The standard InChI is InChI=1S/C19H18BrN3O3S/c1-25-15-8-3-12(11-16(15)26-2)9-10-21-19(24)18-17(22-23-27-18)13-4-6-14(20)7-5-13/h3-8,11H,9-10H2,1-2H3,(H,21,24). The summed E-state index contributed by atoms with van der Waals surface area (Å²) in [4.78, 5) is 13.1. The highest BCUT2D eigenvalue weighted by Crippen LogP contribution is 2.28. The molecule has 1 amide bonds. The van der Waals surface area contributed by atoms with Gasteiger partial charge >= 0.3 is 0 Å². The van der Waals surface area contributed by atoms with Crippen molar-refractivity contribution in [3.8, 4) is 22.8 Å². The first-order chi connectivity index (χ1) is 13.1. The number of benzene rings is 2. The molecule has 0 saturated carbocycles. The van der Waals surface area contributed by atoms with Gasteiger partial charge in [0.05, 0.1) is 14.2 Å². The fourth-order valence-corrected chi connectivity index (χ4v) is 3.44. The second kappa shape index (κ2) is 8.96. The topological polar surface area (TPSA) is 73.3 Å². The largest absolute Gasteiger partial charge is 0.493 e. The van der Waals surface area contributed by atoms with Crippen molar-refractivity contribution >= 4 is 33.4 Å². The van der Waals surface area contributed by atoms with Gasteiger partial charge in [0.1, 0.15) is 10.6 Å². The molecule has 0 unspecified atom stereocenters. The zero-order valence-electron chi connectivity index (χ0n) is 14.9. The highest BCUT2D eigenvalue weighted by molar-refractivity contribution is 9.10. The molecule has 0 saturated heterocycles. The molecule has 27 heavy (non-hydrogen) atoms. The van der Waals surface area contributed by atoms with Crippen molar-refractivity contribution in [3.05, 3.63) is 57.4 Å². The third-order valence-corrected chi connectivity index (χ3v) is 5.21. The molecule has 8 heteroatoms. The number of nitrogens with one attached hydrogen (secondary N) is 1. The van der Waals surface area contributed by atoms with Crippen molar-refractivity contribution in [2.45, 2.75) is 6.42 Å². The van der Waals surface area contributed by atoms with Crippen molar-refractivity contribution in [1.29, 1.82) is 0 Å². The van der Waals surface area contributed by atoms with E-state index in [1.165, 1.54) is 0 Å². The first-order valence-corrected chi connectivity index (χ1v) is 9.76. The lowest BCUT2D eigenvalue weighted by atomic mass is 10.1. The number of methoxy groups -OCH3 is 2. The highest BCUT2D eigenvalue weighted by Gasteiger charge is 2.17. The third-order valence-electron chi connectivity index (χ3n) is 3.96. The normalized spacial score (nSPS) is 10.5. The molecule has 0 spiro atoms. The Morgan fingerprint density at radius 1 is 1.11 bits per heavy atom. The number of nitrogens with zero attached hydrogens (tertiary/aromatic N) is 2. The molecule has 0 aliphatic rings. The van der Waals surface area contributed by atoms with Crippen LogP contribution in [0.15, 0.2) is 46.9 Å². The van der Waals surface area contributed by atoms with Crippen LogP contribution in [0.5, 0.6) is 11.5 Å². The lowest BCUT2D eigenvalue weighted by Gasteiger charge is -2.10. The molecule has 1 heterocycles. The van der Waals surface area contributed by atoms with E-state index in [2.05, 4.69) is 30.8 Å². The summed E-state index contributed by atoms with van der Waals surface area (Å²) in [6.07, 6.45) is 0.673. The molecule has 0 bridgehead atoms. The van der Waals surface area contributed by atoms with Gasteiger partial charge in [-0.05, 0) is 47.8 Å². The van der Waals surface area contributed by atoms with Gasteiger partial charge in [-0.2, -0.15) is 0 Å². The Balaban J connectivity index is 1.64. The molecule has 1 aromatic heterocycles. The van der Waals surface area contributed by atoms with Gasteiger partial charge in [0.15, 0.2) is 11.5 Å². The molecular formula is C19H18BrN3O3S. The number of ether oxygens (including phenoxy) is 2. The molecule has 0 aliphatic carbocycles. The summed E-state index contributed by atoms with van der Waals surface area (Å²) in [7, 11) is 3.20. The summed E-state index contributed by atoms with van der Waals surface area (Å²) in [5, 5.41) is 7.04. The lowest BCUT2D eigenvalue weighted by molar-refractivity contribution is 0.0958. The smallest absolute Gasteiger partial charge is 0.265 e. The second-order valence-corrected chi connectivity index (χ2v) is 7.32. The van der Waals surface area contributed by atoms with Crippen molar-refractivity contribution in [1.82, 2.24) is 14.9 Å². The van der Waals surface area contributed by atoms with Crippen molar-refractivity contribution in [2.75, 3.05) is 20.8 Å². The predicted molar refractivity (Wildman–Crippen MR) is 109 cm³/mol.